The van der Waals surface area contributed by atoms with Crippen LogP contribution >= 0.6 is 45.3 Å². The summed E-state index contributed by atoms with van der Waals surface area (Å²) in [6, 6.07) is 9.08. The maximum atomic E-state index is 10.7. The van der Waals surface area contributed by atoms with Crippen LogP contribution in [0.5, 0.6) is 0 Å². The third-order valence-electron chi connectivity index (χ3n) is 8.90. The maximum absolute atomic E-state index is 10.7. The number of pyridine rings is 2. The number of hydrogen-bond donors (Lipinski definition) is 0. The molecule has 0 bridgehead atoms. The fourth-order valence-electron chi connectivity index (χ4n) is 5.42. The van der Waals surface area contributed by atoms with Crippen LogP contribution in [0.1, 0.15) is 125 Å². The van der Waals surface area contributed by atoms with Crippen molar-refractivity contribution in [3.63, 3.8) is 0 Å². The van der Waals surface area contributed by atoms with Gasteiger partial charge in [-0.1, -0.05) is 98.3 Å². The predicted molar refractivity (Wildman–Crippen MR) is 276 cm³/mol. The molecule has 388 valence electrons. The van der Waals surface area contributed by atoms with Crippen molar-refractivity contribution in [2.24, 2.45) is 0 Å². The van der Waals surface area contributed by atoms with Crippen molar-refractivity contribution >= 4 is 77.0 Å². The number of hydrogen-bond acceptors (Lipinski definition) is 8. The van der Waals surface area contributed by atoms with Crippen LogP contribution in [0.25, 0.3) is 0 Å². The standard InChI is InChI=1S/2C20H40N2P3.2CHF3O3S/c2*1-18(2,3)23(12)25(20(7,8)9)24(19(4,5)6)22-15-13-17(14-16-22)21(10)11;2*2-1(3,4)8(5,6)7/h2*13-16H,1-12H3;2*(H,5,6,7)/q2*+1;;/p-2/t2*23-,24+,25+;;/m00../s1. The van der Waals surface area contributed by atoms with Crippen molar-refractivity contribution in [2.45, 2.75) is 167 Å². The second-order valence-electron chi connectivity index (χ2n) is 21.7. The molecule has 0 aliphatic rings. The molecule has 0 aromatic carbocycles. The van der Waals surface area contributed by atoms with E-state index in [0.717, 1.165) is 0 Å². The first kappa shape index (κ1) is 68.0. The van der Waals surface area contributed by atoms with Gasteiger partial charge >= 0.3 is 11.0 Å². The number of anilines is 2. The van der Waals surface area contributed by atoms with Gasteiger partial charge in [-0.3, -0.25) is 0 Å². The largest absolute Gasteiger partial charge is 0.741 e. The Kier molecular flexibility index (Phi) is 25.3. The second-order valence-corrected chi connectivity index (χ2v) is 50.4. The zero-order valence-corrected chi connectivity index (χ0v) is 50.6. The molecule has 0 N–H and O–H groups in total. The van der Waals surface area contributed by atoms with Crippen LogP contribution in [0.15, 0.2) is 49.1 Å². The van der Waals surface area contributed by atoms with Crippen LogP contribution in [0, 0.1) is 0 Å². The molecule has 24 heteroatoms. The van der Waals surface area contributed by atoms with Crippen LogP contribution in [-0.2, 0) is 20.2 Å². The Morgan fingerprint density at radius 1 is 0.424 bits per heavy atom. The summed E-state index contributed by atoms with van der Waals surface area (Å²) >= 11 is 0. The first-order valence-electron chi connectivity index (χ1n) is 20.7. The average molecular weight is 1100 g/mol. The number of rotatable bonds is 8. The molecule has 0 spiro atoms. The van der Waals surface area contributed by atoms with E-state index >= 15 is 0 Å². The van der Waals surface area contributed by atoms with Gasteiger partial charge in [0.1, 0.15) is 0 Å². The molecule has 0 fully saturated rings. The van der Waals surface area contributed by atoms with Gasteiger partial charge < -0.3 is 18.9 Å². The topological polar surface area (TPSA) is 129 Å². The van der Waals surface area contributed by atoms with E-state index in [0.29, 0.717) is 30.9 Å². The van der Waals surface area contributed by atoms with Gasteiger partial charge in [-0.15, -0.1) is 0 Å². The molecule has 0 amide bonds. The van der Waals surface area contributed by atoms with Gasteiger partial charge in [0.2, 0.25) is 15.5 Å². The van der Waals surface area contributed by atoms with E-state index in [4.69, 9.17) is 25.9 Å². The lowest BCUT2D eigenvalue weighted by molar-refractivity contribution is -0.509. The molecule has 2 aromatic heterocycles. The average Bonchev–Trinajstić information content (AvgIpc) is 3.05. The Bertz CT molecular complexity index is 1860. The summed E-state index contributed by atoms with van der Waals surface area (Å²) in [5.74, 6) is 0. The van der Waals surface area contributed by atoms with Gasteiger partial charge in [-0.25, -0.2) is 16.8 Å². The van der Waals surface area contributed by atoms with Crippen molar-refractivity contribution < 1.29 is 61.0 Å². The van der Waals surface area contributed by atoms with E-state index in [1.54, 1.807) is 0 Å². The lowest BCUT2D eigenvalue weighted by Crippen LogP contribution is -2.37. The van der Waals surface area contributed by atoms with Crippen molar-refractivity contribution in [3.8, 4) is 0 Å². The zero-order chi connectivity index (χ0) is 53.6. The maximum Gasteiger partial charge on any atom is 0.485 e. The van der Waals surface area contributed by atoms with Crippen LogP contribution in [0.3, 0.4) is 0 Å². The molecule has 2 rings (SSSR count). The number of nitrogens with zero attached hydrogens (tertiary/aromatic N) is 4. The van der Waals surface area contributed by atoms with Crippen LogP contribution in [-0.4, -0.2) is 109 Å². The third-order valence-corrected chi connectivity index (χ3v) is 51.1. The summed E-state index contributed by atoms with van der Waals surface area (Å²) in [5, 5.41) is 2.08. The highest BCUT2D eigenvalue weighted by Crippen LogP contribution is 2.94. The summed E-state index contributed by atoms with van der Waals surface area (Å²) in [7, 11) is -4.69. The van der Waals surface area contributed by atoms with E-state index in [9.17, 15) is 26.3 Å². The van der Waals surface area contributed by atoms with Gasteiger partial charge in [0.25, 0.3) is 0 Å². The summed E-state index contributed by atoms with van der Waals surface area (Å²) in [6.07, 6.45) is 9.33. The zero-order valence-electron chi connectivity index (χ0n) is 43.6. The fourth-order valence-corrected chi connectivity index (χ4v) is 48.6. The minimum atomic E-state index is -6.09. The Hall–Kier alpha value is -0.120. The number of aromatic nitrogens is 2. The molecule has 10 nitrogen and oxygen atoms in total. The Morgan fingerprint density at radius 3 is 0.712 bits per heavy atom. The lowest BCUT2D eigenvalue weighted by atomic mass is 10.3. The molecule has 0 unspecified atom stereocenters. The molecule has 0 aliphatic carbocycles. The molecule has 2 aromatic rings. The van der Waals surface area contributed by atoms with Crippen LogP contribution in [0.2, 0.25) is 0 Å². The second kappa shape index (κ2) is 24.5. The van der Waals surface area contributed by atoms with Gasteiger partial charge in [-0.2, -0.15) is 35.0 Å². The minimum Gasteiger partial charge on any atom is -0.741 e. The molecule has 0 radical (unpaired) electrons. The smallest absolute Gasteiger partial charge is 0.485 e. The molecule has 0 saturated carbocycles. The Labute approximate surface area is 403 Å². The highest BCUT2D eigenvalue weighted by Gasteiger charge is 2.52. The molecule has 6 atom stereocenters. The quantitative estimate of drug-likeness (QED) is 0.111. The van der Waals surface area contributed by atoms with Crippen molar-refractivity contribution in [1.82, 2.24) is 0 Å². The van der Waals surface area contributed by atoms with Gasteiger partial charge in [0.15, 0.2) is 45.0 Å². The van der Waals surface area contributed by atoms with E-state index in [1.807, 2.05) is 0 Å². The Morgan fingerprint density at radius 2 is 0.606 bits per heavy atom. The molecule has 0 aliphatic heterocycles. The highest BCUT2D eigenvalue weighted by atomic mass is 32.5. The van der Waals surface area contributed by atoms with Gasteiger partial charge in [0, 0.05) is 88.7 Å². The molecule has 2 heterocycles. The van der Waals surface area contributed by atoms with Crippen molar-refractivity contribution in [2.75, 3.05) is 51.3 Å². The Balaban J connectivity index is 0. The van der Waals surface area contributed by atoms with Crippen molar-refractivity contribution in [3.05, 3.63) is 49.1 Å². The SMILES string of the molecule is CN(C)c1cc[n+]([P@]([P@@]([P@@](C)C(C)(C)C)C(C)(C)C)C(C)(C)C)cc1.CN(C)c1cc[n+]([P@]([P@@]([P@@](C)C(C)(C)C)C(C)(C)C)C(C)(C)C)cc1.O=S(=O)([O-])C(F)(F)F.O=S(=O)([O-])C(F)(F)F. The summed E-state index contributed by atoms with van der Waals surface area (Å²) < 4.78 is 123. The third kappa shape index (κ3) is 22.5. The molecule has 66 heavy (non-hydrogen) atoms. The van der Waals surface area contributed by atoms with Gasteiger partial charge in [0.05, 0.1) is 0 Å². The minimum absolute atomic E-state index is 0.0581. The predicted octanol–water partition coefficient (Wildman–Crippen LogP) is 14.3. The summed E-state index contributed by atoms with van der Waals surface area (Å²) in [4.78, 5) is 4.36. The number of halogens is 6. The van der Waals surface area contributed by atoms with Crippen molar-refractivity contribution in [1.29, 1.82) is 0 Å². The summed E-state index contributed by atoms with van der Waals surface area (Å²) in [5.41, 5.74) is -8.75. The monoisotopic (exact) mass is 1100 g/mol. The lowest BCUT2D eigenvalue weighted by Gasteiger charge is -2.46. The number of alkyl halides is 6. The first-order chi connectivity index (χ1) is 28.6. The molecular formula is C42H80F6N4O6P6S2. The van der Waals surface area contributed by atoms with E-state index in [1.165, 1.54) is 11.4 Å². The summed E-state index contributed by atoms with van der Waals surface area (Å²) in [6.45, 7) is 49.2. The van der Waals surface area contributed by atoms with Gasteiger partial charge in [-0.05, 0) is 75.5 Å². The molecular weight excluding hydrogens is 1020 g/mol. The van der Waals surface area contributed by atoms with E-state index < -0.39 is 31.3 Å². The van der Waals surface area contributed by atoms with E-state index in [2.05, 4.69) is 234 Å². The highest BCUT2D eigenvalue weighted by molar-refractivity contribution is 8.60. The van der Waals surface area contributed by atoms with Crippen LogP contribution in [0.4, 0.5) is 37.7 Å². The first-order valence-corrected chi connectivity index (χ1v) is 35.2. The molecule has 0 saturated heterocycles. The fraction of sp³-hybridized carbons (Fsp3) is 0.762. The van der Waals surface area contributed by atoms with E-state index in [-0.39, 0.29) is 45.3 Å². The van der Waals surface area contributed by atoms with Crippen LogP contribution < -0.4 is 18.5 Å². The normalized spacial score (nSPS) is 16.4.